The number of H-pyrrole nitrogens is 2. The van der Waals surface area contributed by atoms with E-state index in [0.29, 0.717) is 37.7 Å². The summed E-state index contributed by atoms with van der Waals surface area (Å²) < 4.78 is 34.0. The zero-order valence-electron chi connectivity index (χ0n) is 20.4. The van der Waals surface area contributed by atoms with Gasteiger partial charge >= 0.3 is 0 Å². The van der Waals surface area contributed by atoms with E-state index in [-0.39, 0.29) is 21.9 Å². The average Bonchev–Trinajstić information content (AvgIpc) is 3.55. The molecule has 0 bridgehead atoms. The molecule has 5 aromatic rings. The number of amides is 2. The number of imide groups is 1. The van der Waals surface area contributed by atoms with Crippen LogP contribution in [0.25, 0.3) is 54.1 Å². The van der Waals surface area contributed by atoms with Gasteiger partial charge in [0.2, 0.25) is 0 Å². The fourth-order valence-electron chi connectivity index (χ4n) is 5.99. The Balaban J connectivity index is 1.62. The summed E-state index contributed by atoms with van der Waals surface area (Å²) in [5.41, 5.74) is 10.3. The molecule has 40 heavy (non-hydrogen) atoms. The second-order valence-electron chi connectivity index (χ2n) is 9.92. The number of rotatable bonds is 2. The summed E-state index contributed by atoms with van der Waals surface area (Å²) in [6.07, 6.45) is -7.08. The van der Waals surface area contributed by atoms with Crippen LogP contribution in [0.3, 0.4) is 0 Å². The molecule has 12 nitrogen and oxygen atoms in total. The minimum atomic E-state index is -2.77. The van der Waals surface area contributed by atoms with E-state index in [0.717, 1.165) is 0 Å². The van der Waals surface area contributed by atoms with E-state index >= 15 is 0 Å². The SMILES string of the molecule is C[C@H]1O[C@](N=[N+]=[N-])(N2C(=O)c3c(c4c5ccc(F)cc5[nH]c4c4[nH]c5cc(F)ccc5c34)C2=O)[C@H](O)[C@@H](O)[C@@H]1O. The van der Waals surface area contributed by atoms with E-state index in [9.17, 15) is 39.2 Å². The van der Waals surface area contributed by atoms with Gasteiger partial charge in [-0.25, -0.2) is 13.7 Å². The molecule has 0 radical (unpaired) electrons. The summed E-state index contributed by atoms with van der Waals surface area (Å²) in [6, 6.07) is 7.64. The van der Waals surface area contributed by atoms with Crippen LogP contribution in [-0.4, -0.2) is 72.3 Å². The molecule has 7 rings (SSSR count). The second kappa shape index (κ2) is 7.97. The summed E-state index contributed by atoms with van der Waals surface area (Å²) in [5, 5.41) is 36.5. The van der Waals surface area contributed by atoms with Crippen LogP contribution in [0.2, 0.25) is 0 Å². The van der Waals surface area contributed by atoms with E-state index in [2.05, 4.69) is 20.0 Å². The summed E-state index contributed by atoms with van der Waals surface area (Å²) in [7, 11) is 0. The number of aliphatic hydroxyl groups is 3. The quantitative estimate of drug-likeness (QED) is 0.0974. The number of nitrogens with zero attached hydrogens (tertiary/aromatic N) is 4. The number of ether oxygens (including phenoxy) is 1. The van der Waals surface area contributed by atoms with E-state index < -0.39 is 53.7 Å². The average molecular weight is 548 g/mol. The first kappa shape index (κ1) is 24.5. The normalized spacial score (nSPS) is 26.8. The van der Waals surface area contributed by atoms with E-state index in [1.807, 2.05) is 0 Å². The number of fused-ring (bicyclic) bond motifs is 10. The fourth-order valence-corrected chi connectivity index (χ4v) is 5.99. The Morgan fingerprint density at radius 2 is 1.43 bits per heavy atom. The number of carbonyl (C=O) groups excluding carboxylic acids is 2. The molecule has 2 aliphatic heterocycles. The number of benzene rings is 3. The van der Waals surface area contributed by atoms with Crippen LogP contribution >= 0.6 is 0 Å². The Morgan fingerprint density at radius 3 is 1.90 bits per heavy atom. The topological polar surface area (TPSA) is 188 Å². The first-order valence-corrected chi connectivity index (χ1v) is 12.1. The van der Waals surface area contributed by atoms with Crippen molar-refractivity contribution < 1.29 is 38.4 Å². The van der Waals surface area contributed by atoms with Crippen molar-refractivity contribution in [3.05, 3.63) is 69.6 Å². The van der Waals surface area contributed by atoms with Crippen LogP contribution in [-0.2, 0) is 4.74 Å². The van der Waals surface area contributed by atoms with Gasteiger partial charge in [-0.2, -0.15) is 0 Å². The van der Waals surface area contributed by atoms with Gasteiger partial charge in [-0.3, -0.25) is 9.59 Å². The van der Waals surface area contributed by atoms with Gasteiger partial charge < -0.3 is 30.0 Å². The standard InChI is InChI=1S/C26H18F2N6O6/c1-8-21(35)22(36)23(37)26(40-8,32-33-29)34-24(38)17-15-11-4-2-9(27)6-13(11)30-19(15)20-16(18(17)25(34)39)12-5-3-10(28)7-14(12)31-20/h2-8,21-23,30-31,35-37H,1H3/t8-,21-,22+,23-,26-/m1/s1. The largest absolute Gasteiger partial charge is 0.388 e. The molecule has 2 amide bonds. The molecule has 0 unspecified atom stereocenters. The monoisotopic (exact) mass is 548 g/mol. The summed E-state index contributed by atoms with van der Waals surface area (Å²) >= 11 is 0. The third kappa shape index (κ3) is 2.88. The molecule has 5 atom stereocenters. The van der Waals surface area contributed by atoms with Crippen molar-refractivity contribution in [3.8, 4) is 0 Å². The van der Waals surface area contributed by atoms with Crippen molar-refractivity contribution in [1.82, 2.24) is 14.9 Å². The number of hydrogen-bond acceptors (Lipinski definition) is 7. The second-order valence-corrected chi connectivity index (χ2v) is 9.92. The lowest BCUT2D eigenvalue weighted by Crippen LogP contribution is -2.70. The van der Waals surface area contributed by atoms with Crippen molar-refractivity contribution in [2.45, 2.75) is 37.2 Å². The van der Waals surface area contributed by atoms with Crippen LogP contribution in [0.15, 0.2) is 41.5 Å². The minimum absolute atomic E-state index is 0.160. The third-order valence-corrected chi connectivity index (χ3v) is 7.76. The molecule has 202 valence electrons. The minimum Gasteiger partial charge on any atom is -0.388 e. The molecule has 0 spiro atoms. The number of aromatic amines is 2. The smallest absolute Gasteiger partial charge is 0.264 e. The van der Waals surface area contributed by atoms with Gasteiger partial charge in [-0.15, -0.1) is 0 Å². The summed E-state index contributed by atoms with van der Waals surface area (Å²) in [4.78, 5) is 37.7. The molecule has 0 aliphatic carbocycles. The Morgan fingerprint density at radius 1 is 0.925 bits per heavy atom. The van der Waals surface area contributed by atoms with Gasteiger partial charge in [0.1, 0.15) is 29.9 Å². The first-order chi connectivity index (χ1) is 19.1. The molecule has 0 saturated carbocycles. The van der Waals surface area contributed by atoms with Crippen molar-refractivity contribution in [2.75, 3.05) is 0 Å². The molecule has 1 saturated heterocycles. The molecule has 2 aliphatic rings. The zero-order valence-corrected chi connectivity index (χ0v) is 20.4. The number of nitrogens with one attached hydrogen (secondary N) is 2. The van der Waals surface area contributed by atoms with Gasteiger partial charge in [0, 0.05) is 37.5 Å². The van der Waals surface area contributed by atoms with Crippen LogP contribution < -0.4 is 0 Å². The molecular weight excluding hydrogens is 530 g/mol. The molecule has 1 fully saturated rings. The lowest BCUT2D eigenvalue weighted by Gasteiger charge is -2.48. The number of aliphatic hydroxyl groups excluding tert-OH is 3. The molecule has 2 aromatic heterocycles. The van der Waals surface area contributed by atoms with Gasteiger partial charge in [0.15, 0.2) is 0 Å². The highest BCUT2D eigenvalue weighted by atomic mass is 19.1. The predicted octanol–water partition coefficient (Wildman–Crippen LogP) is 3.30. The molecule has 4 heterocycles. The Bertz CT molecular complexity index is 1900. The third-order valence-electron chi connectivity index (χ3n) is 7.76. The lowest BCUT2D eigenvalue weighted by atomic mass is 9.95. The van der Waals surface area contributed by atoms with Gasteiger partial charge in [0.25, 0.3) is 17.7 Å². The molecule has 14 heteroatoms. The number of carbonyl (C=O) groups is 2. The summed E-state index contributed by atoms with van der Waals surface area (Å²) in [6.45, 7) is 1.30. The number of aromatic nitrogens is 2. The maximum atomic E-state index is 14.2. The van der Waals surface area contributed by atoms with Crippen LogP contribution in [0.4, 0.5) is 8.78 Å². The maximum Gasteiger partial charge on any atom is 0.264 e. The van der Waals surface area contributed by atoms with Gasteiger partial charge in [-0.1, -0.05) is 0 Å². The van der Waals surface area contributed by atoms with Crippen LogP contribution in [0.1, 0.15) is 27.6 Å². The fraction of sp³-hybridized carbons (Fsp3) is 0.231. The zero-order chi connectivity index (χ0) is 28.2. The molecular formula is C26H18F2N6O6. The van der Waals surface area contributed by atoms with Crippen molar-refractivity contribution in [1.29, 1.82) is 0 Å². The number of halogens is 2. The van der Waals surface area contributed by atoms with Crippen LogP contribution in [0.5, 0.6) is 0 Å². The Kier molecular flexibility index (Phi) is 4.87. The summed E-state index contributed by atoms with van der Waals surface area (Å²) in [5.74, 6) is -5.95. The van der Waals surface area contributed by atoms with Gasteiger partial charge in [0.05, 0.1) is 28.3 Å². The predicted molar refractivity (Wildman–Crippen MR) is 136 cm³/mol. The Hall–Kier alpha value is -4.59. The lowest BCUT2D eigenvalue weighted by molar-refractivity contribution is -0.292. The van der Waals surface area contributed by atoms with Crippen molar-refractivity contribution in [3.63, 3.8) is 0 Å². The van der Waals surface area contributed by atoms with E-state index in [4.69, 9.17) is 4.74 Å². The first-order valence-electron chi connectivity index (χ1n) is 12.1. The van der Waals surface area contributed by atoms with Crippen molar-refractivity contribution >= 4 is 55.4 Å². The van der Waals surface area contributed by atoms with E-state index in [1.165, 1.54) is 43.3 Å². The number of hydrogen-bond donors (Lipinski definition) is 5. The Labute approximate surface area is 221 Å². The highest BCUT2D eigenvalue weighted by molar-refractivity contribution is 6.39. The van der Waals surface area contributed by atoms with Crippen molar-refractivity contribution in [2.24, 2.45) is 5.11 Å². The molecule has 3 aromatic carbocycles. The van der Waals surface area contributed by atoms with E-state index in [1.54, 1.807) is 0 Å². The van der Waals surface area contributed by atoms with Crippen LogP contribution in [0, 0.1) is 11.6 Å². The van der Waals surface area contributed by atoms with Gasteiger partial charge in [-0.05, 0) is 54.0 Å². The number of azide groups is 1. The molecule has 5 N–H and O–H groups in total. The highest BCUT2D eigenvalue weighted by Crippen LogP contribution is 2.47. The highest BCUT2D eigenvalue weighted by Gasteiger charge is 2.62. The maximum absolute atomic E-state index is 14.2.